The minimum Gasteiger partial charge on any atom is -0.505 e. The van der Waals surface area contributed by atoms with Crippen LogP contribution in [0.3, 0.4) is 0 Å². The number of aromatic carboxylic acids is 4. The third-order valence-corrected chi connectivity index (χ3v) is 14.3. The molecule has 0 fully saturated rings. The minimum absolute atomic E-state index is 0.0170. The molecular formula is C54H42N16O20S2. The molecule has 470 valence electrons. The molecule has 0 aliphatic carbocycles. The maximum Gasteiger partial charge on any atom is 0.335 e. The summed E-state index contributed by atoms with van der Waals surface area (Å²) in [5.74, 6) is -12.1. The molecule has 0 spiro atoms. The monoisotopic (exact) mass is 1300 g/mol. The van der Waals surface area contributed by atoms with Crippen LogP contribution in [0.25, 0.3) is 21.5 Å². The number of aromatic hydroxyl groups is 2. The number of nitrogens with one attached hydrogen (secondary N) is 6. The number of aromatic nitrogens is 6. The summed E-state index contributed by atoms with van der Waals surface area (Å²) in [4.78, 5) is 94.4. The molecule has 0 aliphatic heterocycles. The van der Waals surface area contributed by atoms with Crippen LogP contribution in [-0.2, 0) is 29.8 Å². The molecule has 0 radical (unpaired) electrons. The van der Waals surface area contributed by atoms with E-state index in [4.69, 9.17) is 0 Å². The van der Waals surface area contributed by atoms with Crippen molar-refractivity contribution in [2.24, 2.45) is 20.5 Å². The molecular weight excluding hydrogens is 1260 g/mol. The molecule has 0 saturated heterocycles. The third-order valence-electron chi connectivity index (χ3n) is 12.6. The summed E-state index contributed by atoms with van der Waals surface area (Å²) in [5, 5.41) is 113. The lowest BCUT2D eigenvalue weighted by Crippen LogP contribution is -2.16. The van der Waals surface area contributed by atoms with E-state index in [1.54, 1.807) is 0 Å². The average molecular weight is 1300 g/mol. The van der Waals surface area contributed by atoms with Gasteiger partial charge in [0.05, 0.1) is 54.8 Å². The maximum atomic E-state index is 12.6. The highest BCUT2D eigenvalue weighted by molar-refractivity contribution is 7.86. The van der Waals surface area contributed by atoms with Crippen LogP contribution in [0.4, 0.5) is 81.2 Å². The second kappa shape index (κ2) is 25.6. The molecule has 9 aromatic rings. The van der Waals surface area contributed by atoms with Crippen molar-refractivity contribution in [3.05, 3.63) is 130 Å². The molecule has 38 heteroatoms. The lowest BCUT2D eigenvalue weighted by molar-refractivity contribution is -0.136. The van der Waals surface area contributed by atoms with Crippen LogP contribution in [0.2, 0.25) is 0 Å². The summed E-state index contributed by atoms with van der Waals surface area (Å²) in [6.07, 6.45) is 0. The minimum atomic E-state index is -4.98. The predicted octanol–water partition coefficient (Wildman–Crippen LogP) is 8.48. The molecule has 0 aliphatic rings. The Kier molecular flexibility index (Phi) is 17.7. The number of carboxylic acids is 6. The number of rotatable bonds is 24. The molecule has 9 rings (SSSR count). The number of carbonyl (C=O) groups is 6. The van der Waals surface area contributed by atoms with E-state index in [9.17, 15) is 95.6 Å². The fourth-order valence-corrected chi connectivity index (χ4v) is 9.70. The Balaban J connectivity index is 1.04. The lowest BCUT2D eigenvalue weighted by atomic mass is 10.0. The highest BCUT2D eigenvalue weighted by Gasteiger charge is 2.24. The van der Waals surface area contributed by atoms with Crippen molar-refractivity contribution in [1.29, 1.82) is 0 Å². The van der Waals surface area contributed by atoms with Crippen LogP contribution in [0.5, 0.6) is 11.5 Å². The van der Waals surface area contributed by atoms with Gasteiger partial charge in [0.15, 0.2) is 11.5 Å². The number of aliphatic carboxylic acids is 2. The van der Waals surface area contributed by atoms with Gasteiger partial charge in [0.25, 0.3) is 20.2 Å². The number of anilines is 10. The number of azo groups is 2. The Morgan fingerprint density at radius 1 is 0.413 bits per heavy atom. The number of benzene rings is 7. The topological polar surface area (TPSA) is 572 Å². The second-order valence-corrected chi connectivity index (χ2v) is 22.1. The number of hydrogen-bond donors (Lipinski definition) is 16. The molecule has 7 aromatic carbocycles. The summed E-state index contributed by atoms with van der Waals surface area (Å²) >= 11 is 0. The van der Waals surface area contributed by atoms with E-state index in [2.05, 4.69) is 82.3 Å². The molecule has 36 nitrogen and oxygen atoms in total. The number of aryl methyl sites for hydroxylation is 2. The number of phenolic OH excluding ortho intramolecular Hbond substituents is 2. The van der Waals surface area contributed by atoms with Gasteiger partial charge in [0.2, 0.25) is 35.7 Å². The summed E-state index contributed by atoms with van der Waals surface area (Å²) in [6, 6.07) is 18.2. The van der Waals surface area contributed by atoms with Gasteiger partial charge in [0, 0.05) is 22.1 Å². The second-order valence-electron chi connectivity index (χ2n) is 19.2. The van der Waals surface area contributed by atoms with Crippen LogP contribution >= 0.6 is 0 Å². The van der Waals surface area contributed by atoms with Gasteiger partial charge in [-0.1, -0.05) is 0 Å². The van der Waals surface area contributed by atoms with Crippen molar-refractivity contribution in [1.82, 2.24) is 29.9 Å². The van der Waals surface area contributed by atoms with E-state index in [1.807, 2.05) is 0 Å². The zero-order chi connectivity index (χ0) is 66.7. The number of phenols is 2. The van der Waals surface area contributed by atoms with Crippen LogP contribution in [0.15, 0.2) is 127 Å². The first kappa shape index (κ1) is 63.8. The Hall–Kier alpha value is -12.7. The maximum absolute atomic E-state index is 12.6. The summed E-state index contributed by atoms with van der Waals surface area (Å²) in [7, 11) is -9.95. The largest absolute Gasteiger partial charge is 0.505 e. The Bertz CT molecular complexity index is 4550. The third kappa shape index (κ3) is 15.0. The SMILES string of the molecule is Cc1cc2cc(S(=O)(=O)O)cc(Nc3nc(NCC(=O)O)nc(Nc4ccc(Nc5nc(NCC(=O)O)nc(Nc6cc(S(=O)(=O)O)cc7cc(C)c(N=Nc8cc(C(=O)O)cc(C(=O)O)c8)c(O)c67)n5)cc4)n3)c2c(O)c1N=Nc1cc(C(=O)O)cc(C(=O)O)c1. The van der Waals surface area contributed by atoms with Crippen LogP contribution in [0, 0.1) is 13.8 Å². The van der Waals surface area contributed by atoms with Gasteiger partial charge in [-0.25, -0.2) is 19.2 Å². The normalized spacial score (nSPS) is 11.6. The Morgan fingerprint density at radius 2 is 0.717 bits per heavy atom. The highest BCUT2D eigenvalue weighted by Crippen LogP contribution is 2.46. The number of carboxylic acid groups (broad SMARTS) is 6. The summed E-state index contributed by atoms with van der Waals surface area (Å²) in [5.41, 5.74) is -2.61. The molecule has 0 saturated carbocycles. The average Bonchev–Trinajstić information content (AvgIpc) is 0.767. The van der Waals surface area contributed by atoms with E-state index in [0.717, 1.165) is 60.7 Å². The quantitative estimate of drug-likeness (QED) is 0.0199. The lowest BCUT2D eigenvalue weighted by Gasteiger charge is -2.16. The molecule has 92 heavy (non-hydrogen) atoms. The van der Waals surface area contributed by atoms with Crippen molar-refractivity contribution in [3.8, 4) is 11.5 Å². The molecule has 0 amide bonds. The first-order valence-corrected chi connectivity index (χ1v) is 28.5. The van der Waals surface area contributed by atoms with Crippen molar-refractivity contribution in [3.63, 3.8) is 0 Å². The Morgan fingerprint density at radius 3 is 1.01 bits per heavy atom. The molecule has 2 heterocycles. The number of nitrogens with zero attached hydrogens (tertiary/aromatic N) is 10. The fraction of sp³-hybridized carbons (Fsp3) is 0.0741. The first-order chi connectivity index (χ1) is 43.3. The van der Waals surface area contributed by atoms with E-state index >= 15 is 0 Å². The highest BCUT2D eigenvalue weighted by atomic mass is 32.2. The first-order valence-electron chi connectivity index (χ1n) is 25.6. The van der Waals surface area contributed by atoms with Crippen LogP contribution in [0.1, 0.15) is 52.6 Å². The van der Waals surface area contributed by atoms with Gasteiger partial charge in [0.1, 0.15) is 24.5 Å². The van der Waals surface area contributed by atoms with Gasteiger partial charge in [-0.3, -0.25) is 18.7 Å². The van der Waals surface area contributed by atoms with E-state index in [-0.39, 0.29) is 102 Å². The molecule has 0 bridgehead atoms. The smallest absolute Gasteiger partial charge is 0.335 e. The molecule has 0 atom stereocenters. The number of fused-ring (bicyclic) bond motifs is 2. The van der Waals surface area contributed by atoms with Gasteiger partial charge < -0.3 is 72.8 Å². The van der Waals surface area contributed by atoms with Crippen LogP contribution < -0.4 is 31.9 Å². The Labute approximate surface area is 513 Å². The van der Waals surface area contributed by atoms with E-state index in [1.165, 1.54) is 50.2 Å². The van der Waals surface area contributed by atoms with Crippen molar-refractivity contribution in [2.45, 2.75) is 23.6 Å². The molecule has 0 unspecified atom stereocenters. The summed E-state index contributed by atoms with van der Waals surface area (Å²) < 4.78 is 70.7. The van der Waals surface area contributed by atoms with Crippen molar-refractivity contribution in [2.75, 3.05) is 45.0 Å². The van der Waals surface area contributed by atoms with E-state index < -0.39 is 125 Å². The van der Waals surface area contributed by atoms with Gasteiger partial charge in [-0.05, 0) is 133 Å². The van der Waals surface area contributed by atoms with Gasteiger partial charge >= 0.3 is 35.8 Å². The van der Waals surface area contributed by atoms with Crippen molar-refractivity contribution >= 4 is 159 Å². The van der Waals surface area contributed by atoms with Gasteiger partial charge in [-0.15, -0.1) is 10.2 Å². The number of hydrogen-bond acceptors (Lipinski definition) is 28. The molecule has 2 aromatic heterocycles. The van der Waals surface area contributed by atoms with E-state index in [0.29, 0.717) is 0 Å². The van der Waals surface area contributed by atoms with Crippen molar-refractivity contribution < 1.29 is 95.6 Å². The molecule has 16 N–H and O–H groups in total. The fourth-order valence-electron chi connectivity index (χ4n) is 8.62. The zero-order valence-corrected chi connectivity index (χ0v) is 48.1. The summed E-state index contributed by atoms with van der Waals surface area (Å²) in [6.45, 7) is 1.41. The van der Waals surface area contributed by atoms with Crippen LogP contribution in [-0.4, -0.2) is 146 Å². The predicted molar refractivity (Wildman–Crippen MR) is 321 cm³/mol. The van der Waals surface area contributed by atoms with Gasteiger partial charge in [-0.2, -0.15) is 57.0 Å². The standard InChI is InChI=1S/C54H42N16O20S2/c1-21-7-23-15-33(91(85,86)87)17-35(39(23)43(75)41(21)69-67-31-11-25(45(77)78)9-26(12-31)46(79)80)59-53-63-49(55-19-37(71)72)61-51(65-53)57-29-3-5-30(6-4-29)58-52-62-50(56-20-38(73)74)64-54(66-52)60-36-18-34(92(88,89)90)16-24-8-22(2)42(44(76)40(24)36)70-68-32-13-27(47(81)82)10-28(14-32)48(83)84/h3-18,75-76H,19-20H2,1-2H3,(H,71,72)(H,73,74)(H,77,78)(H,79,80)(H,81,82)(H,83,84)(H,85,86,87)(H,88,89,90)(H3,55,57,59,61,63,65)(H3,56,58,60,62,64,66). The zero-order valence-electron chi connectivity index (χ0n) is 46.5.